The van der Waals surface area contributed by atoms with Crippen molar-refractivity contribution in [1.29, 1.82) is 0 Å². The van der Waals surface area contributed by atoms with Crippen LogP contribution in [-0.2, 0) is 9.53 Å². The van der Waals surface area contributed by atoms with Crippen molar-refractivity contribution in [3.63, 3.8) is 0 Å². The Morgan fingerprint density at radius 2 is 1.90 bits per heavy atom. The van der Waals surface area contributed by atoms with Gasteiger partial charge in [-0.15, -0.1) is 0 Å². The first-order chi connectivity index (χ1) is 9.99. The smallest absolute Gasteiger partial charge is 0.327 e. The second-order valence-electron chi connectivity index (χ2n) is 6.69. The van der Waals surface area contributed by atoms with Gasteiger partial charge in [-0.3, -0.25) is 0 Å². The van der Waals surface area contributed by atoms with Gasteiger partial charge < -0.3 is 10.5 Å². The molecule has 0 radical (unpaired) electrons. The van der Waals surface area contributed by atoms with Crippen LogP contribution in [0, 0.1) is 17.8 Å². The lowest BCUT2D eigenvalue weighted by Crippen LogP contribution is -2.38. The summed E-state index contributed by atoms with van der Waals surface area (Å²) in [5.41, 5.74) is 6.85. The molecule has 1 fully saturated rings. The van der Waals surface area contributed by atoms with E-state index in [1.807, 2.05) is 30.3 Å². The molecule has 1 aromatic carbocycles. The van der Waals surface area contributed by atoms with Crippen molar-refractivity contribution in [2.24, 2.45) is 23.5 Å². The minimum absolute atomic E-state index is 0.0102. The van der Waals surface area contributed by atoms with Crippen LogP contribution in [0.1, 0.15) is 51.6 Å². The molecule has 0 bridgehead atoms. The van der Waals surface area contributed by atoms with E-state index < -0.39 is 6.04 Å². The molecule has 1 aliphatic carbocycles. The van der Waals surface area contributed by atoms with E-state index in [-0.39, 0.29) is 12.1 Å². The fraction of sp³-hybridized carbons (Fsp3) is 0.611. The maximum absolute atomic E-state index is 12.3. The number of nitrogens with two attached hydrogens (primary N) is 1. The highest BCUT2D eigenvalue weighted by Gasteiger charge is 2.34. The molecule has 21 heavy (non-hydrogen) atoms. The predicted molar refractivity (Wildman–Crippen MR) is 84.6 cm³/mol. The molecule has 0 aromatic heterocycles. The van der Waals surface area contributed by atoms with Gasteiger partial charge in [0.05, 0.1) is 0 Å². The largest absolute Gasteiger partial charge is 0.461 e. The van der Waals surface area contributed by atoms with Crippen molar-refractivity contribution in [2.75, 3.05) is 0 Å². The van der Waals surface area contributed by atoms with Crippen molar-refractivity contribution < 1.29 is 9.53 Å². The highest BCUT2D eigenvalue weighted by atomic mass is 16.5. The number of carbonyl (C=O) groups is 1. The van der Waals surface area contributed by atoms with Crippen molar-refractivity contribution in [3.05, 3.63) is 35.9 Å². The van der Waals surface area contributed by atoms with Crippen LogP contribution in [0.3, 0.4) is 0 Å². The standard InChI is InChI=1S/C18H27NO2/c1-12(2)15-10-9-13(3)11-16(15)21-18(20)17(19)14-7-5-4-6-8-14/h4-8,12-13,15-17H,9-11,19H2,1-3H3. The van der Waals surface area contributed by atoms with Crippen molar-refractivity contribution in [1.82, 2.24) is 0 Å². The van der Waals surface area contributed by atoms with Crippen LogP contribution in [0.2, 0.25) is 0 Å². The molecular weight excluding hydrogens is 262 g/mol. The molecule has 2 rings (SSSR count). The molecule has 1 aliphatic rings. The molecule has 3 nitrogen and oxygen atoms in total. The summed E-state index contributed by atoms with van der Waals surface area (Å²) < 4.78 is 5.79. The van der Waals surface area contributed by atoms with E-state index in [9.17, 15) is 4.79 Å². The third-order valence-electron chi connectivity index (χ3n) is 4.64. The number of hydrogen-bond donors (Lipinski definition) is 1. The topological polar surface area (TPSA) is 52.3 Å². The normalized spacial score (nSPS) is 27.4. The number of hydrogen-bond acceptors (Lipinski definition) is 3. The fourth-order valence-electron chi connectivity index (χ4n) is 3.27. The van der Waals surface area contributed by atoms with Gasteiger partial charge in [-0.1, -0.05) is 57.5 Å². The van der Waals surface area contributed by atoms with E-state index >= 15 is 0 Å². The summed E-state index contributed by atoms with van der Waals surface area (Å²) in [6, 6.07) is 8.75. The van der Waals surface area contributed by atoms with Gasteiger partial charge >= 0.3 is 5.97 Å². The Labute approximate surface area is 127 Å². The van der Waals surface area contributed by atoms with Crippen LogP contribution in [0.5, 0.6) is 0 Å². The average Bonchev–Trinajstić information content (AvgIpc) is 2.47. The van der Waals surface area contributed by atoms with Gasteiger partial charge in [-0.2, -0.15) is 0 Å². The molecule has 0 spiro atoms. The van der Waals surface area contributed by atoms with Gasteiger partial charge in [0, 0.05) is 0 Å². The van der Waals surface area contributed by atoms with Crippen molar-refractivity contribution in [2.45, 2.75) is 52.2 Å². The van der Waals surface area contributed by atoms with Crippen molar-refractivity contribution >= 4 is 5.97 Å². The SMILES string of the molecule is CC1CCC(C(C)C)C(OC(=O)C(N)c2ccccc2)C1. The van der Waals surface area contributed by atoms with Crippen LogP contribution >= 0.6 is 0 Å². The highest BCUT2D eigenvalue weighted by molar-refractivity contribution is 5.77. The number of ether oxygens (including phenoxy) is 1. The first-order valence-corrected chi connectivity index (χ1v) is 8.00. The van der Waals surface area contributed by atoms with Crippen LogP contribution in [-0.4, -0.2) is 12.1 Å². The average molecular weight is 289 g/mol. The molecule has 4 atom stereocenters. The summed E-state index contributed by atoms with van der Waals surface area (Å²) in [5.74, 6) is 1.30. The van der Waals surface area contributed by atoms with Crippen LogP contribution in [0.25, 0.3) is 0 Å². The Morgan fingerprint density at radius 1 is 1.24 bits per heavy atom. The highest BCUT2D eigenvalue weighted by Crippen LogP contribution is 2.35. The Bertz CT molecular complexity index is 458. The monoisotopic (exact) mass is 289 g/mol. The molecule has 0 heterocycles. The first kappa shape index (κ1) is 16.0. The Balaban J connectivity index is 2.02. The molecule has 0 aliphatic heterocycles. The fourth-order valence-corrected chi connectivity index (χ4v) is 3.27. The molecule has 3 heteroatoms. The third kappa shape index (κ3) is 4.07. The lowest BCUT2D eigenvalue weighted by atomic mass is 9.75. The maximum atomic E-state index is 12.3. The lowest BCUT2D eigenvalue weighted by molar-refractivity contribution is -0.157. The van der Waals surface area contributed by atoms with Crippen LogP contribution < -0.4 is 5.73 Å². The minimum atomic E-state index is -0.684. The van der Waals surface area contributed by atoms with Gasteiger partial charge in [-0.25, -0.2) is 4.79 Å². The summed E-state index contributed by atoms with van der Waals surface area (Å²) in [6.45, 7) is 6.64. The number of carbonyl (C=O) groups excluding carboxylic acids is 1. The van der Waals surface area contributed by atoms with E-state index in [2.05, 4.69) is 20.8 Å². The van der Waals surface area contributed by atoms with E-state index in [4.69, 9.17) is 10.5 Å². The molecule has 0 amide bonds. The molecular formula is C18H27NO2. The summed E-state index contributed by atoms with van der Waals surface area (Å²) in [7, 11) is 0. The van der Waals surface area contributed by atoms with Crippen LogP contribution in [0.15, 0.2) is 30.3 Å². The zero-order valence-electron chi connectivity index (χ0n) is 13.3. The second kappa shape index (κ2) is 7.08. The predicted octanol–water partition coefficient (Wildman–Crippen LogP) is 3.69. The van der Waals surface area contributed by atoms with Gasteiger partial charge in [0.25, 0.3) is 0 Å². The number of esters is 1. The van der Waals surface area contributed by atoms with E-state index in [1.54, 1.807) is 0 Å². The van der Waals surface area contributed by atoms with Gasteiger partial charge in [0.1, 0.15) is 12.1 Å². The number of benzene rings is 1. The Morgan fingerprint density at radius 3 is 2.52 bits per heavy atom. The lowest BCUT2D eigenvalue weighted by Gasteiger charge is -2.37. The summed E-state index contributed by atoms with van der Waals surface area (Å²) in [4.78, 5) is 12.3. The second-order valence-corrected chi connectivity index (χ2v) is 6.69. The molecule has 0 saturated heterocycles. The van der Waals surface area contributed by atoms with Gasteiger partial charge in [0.2, 0.25) is 0 Å². The van der Waals surface area contributed by atoms with Gasteiger partial charge in [0.15, 0.2) is 0 Å². The van der Waals surface area contributed by atoms with Crippen LogP contribution in [0.4, 0.5) is 0 Å². The third-order valence-corrected chi connectivity index (χ3v) is 4.64. The summed E-state index contributed by atoms with van der Waals surface area (Å²) in [5, 5.41) is 0. The quantitative estimate of drug-likeness (QED) is 0.860. The van der Waals surface area contributed by atoms with E-state index in [1.165, 1.54) is 6.42 Å². The van der Waals surface area contributed by atoms with E-state index in [0.717, 1.165) is 18.4 Å². The van der Waals surface area contributed by atoms with Gasteiger partial charge in [-0.05, 0) is 36.2 Å². The minimum Gasteiger partial charge on any atom is -0.461 e. The number of rotatable bonds is 4. The molecule has 1 saturated carbocycles. The Kier molecular flexibility index (Phi) is 5.40. The zero-order valence-corrected chi connectivity index (χ0v) is 13.3. The summed E-state index contributed by atoms with van der Waals surface area (Å²) >= 11 is 0. The first-order valence-electron chi connectivity index (χ1n) is 8.00. The molecule has 1 aromatic rings. The molecule has 4 unspecified atom stereocenters. The Hall–Kier alpha value is -1.35. The maximum Gasteiger partial charge on any atom is 0.327 e. The van der Waals surface area contributed by atoms with Crippen molar-refractivity contribution in [3.8, 4) is 0 Å². The summed E-state index contributed by atoms with van der Waals surface area (Å²) in [6.07, 6.45) is 3.32. The molecule has 116 valence electrons. The molecule has 2 N–H and O–H groups in total. The van der Waals surface area contributed by atoms with E-state index in [0.29, 0.717) is 17.8 Å². The zero-order chi connectivity index (χ0) is 15.4.